The summed E-state index contributed by atoms with van der Waals surface area (Å²) in [7, 11) is -2.83. The van der Waals surface area contributed by atoms with Gasteiger partial charge in [-0.3, -0.25) is 4.79 Å². The average molecular weight is 455 g/mol. The monoisotopic (exact) mass is 454 g/mol. The molecular formula is C17H15ClF4N2O4S. The summed E-state index contributed by atoms with van der Waals surface area (Å²) in [5, 5.41) is 2.13. The molecule has 0 bridgehead atoms. The van der Waals surface area contributed by atoms with Crippen LogP contribution in [-0.2, 0) is 21.0 Å². The number of rotatable bonds is 6. The zero-order valence-electron chi connectivity index (χ0n) is 15.0. The van der Waals surface area contributed by atoms with Gasteiger partial charge in [-0.25, -0.2) is 12.8 Å². The van der Waals surface area contributed by atoms with Gasteiger partial charge in [0.1, 0.15) is 11.6 Å². The van der Waals surface area contributed by atoms with Gasteiger partial charge in [0.15, 0.2) is 0 Å². The standard InChI is InChI=1S/C17H15ClF4N2O4S/c1-9(24-29(26,27)11-4-6-15(28-2)13(18)8-11)16(25)23-10-3-5-14(19)12(7-10)17(20,21)22/h3-9,24H,1-2H3,(H,23,25)/t9-/m1/s1. The molecule has 0 aliphatic rings. The summed E-state index contributed by atoms with van der Waals surface area (Å²) in [4.78, 5) is 11.9. The molecule has 0 heterocycles. The summed E-state index contributed by atoms with van der Waals surface area (Å²) < 4.78 is 83.4. The fourth-order valence-corrected chi connectivity index (χ4v) is 3.79. The molecule has 0 radical (unpaired) electrons. The molecule has 0 aromatic heterocycles. The molecule has 0 aliphatic carbocycles. The maximum atomic E-state index is 13.3. The van der Waals surface area contributed by atoms with Crippen molar-refractivity contribution in [1.29, 1.82) is 0 Å². The minimum absolute atomic E-state index is 0.0264. The summed E-state index contributed by atoms with van der Waals surface area (Å²) >= 11 is 5.89. The van der Waals surface area contributed by atoms with Crippen molar-refractivity contribution in [2.75, 3.05) is 12.4 Å². The van der Waals surface area contributed by atoms with Crippen LogP contribution in [-0.4, -0.2) is 27.5 Å². The Balaban J connectivity index is 2.16. The highest BCUT2D eigenvalue weighted by atomic mass is 35.5. The van der Waals surface area contributed by atoms with Crippen molar-refractivity contribution < 1.29 is 35.5 Å². The Morgan fingerprint density at radius 3 is 2.38 bits per heavy atom. The molecule has 0 spiro atoms. The highest BCUT2D eigenvalue weighted by molar-refractivity contribution is 7.89. The molecule has 0 saturated heterocycles. The third kappa shape index (κ3) is 5.58. The van der Waals surface area contributed by atoms with Crippen LogP contribution in [0.3, 0.4) is 0 Å². The average Bonchev–Trinajstić information content (AvgIpc) is 2.61. The van der Waals surface area contributed by atoms with Gasteiger partial charge in [-0.05, 0) is 43.3 Å². The number of halogens is 5. The van der Waals surface area contributed by atoms with Gasteiger partial charge in [-0.15, -0.1) is 0 Å². The summed E-state index contributed by atoms with van der Waals surface area (Å²) in [6.45, 7) is 1.19. The molecule has 0 unspecified atom stereocenters. The van der Waals surface area contributed by atoms with Crippen LogP contribution in [0.5, 0.6) is 5.75 Å². The van der Waals surface area contributed by atoms with Crippen LogP contribution in [0.2, 0.25) is 5.02 Å². The van der Waals surface area contributed by atoms with Crippen LogP contribution in [0, 0.1) is 5.82 Å². The number of amides is 1. The fourth-order valence-electron chi connectivity index (χ4n) is 2.24. The maximum absolute atomic E-state index is 13.3. The third-order valence-electron chi connectivity index (χ3n) is 3.70. The summed E-state index contributed by atoms with van der Waals surface area (Å²) in [5.74, 6) is -2.21. The topological polar surface area (TPSA) is 84.5 Å². The van der Waals surface area contributed by atoms with E-state index in [1.807, 2.05) is 0 Å². The van der Waals surface area contributed by atoms with E-state index >= 15 is 0 Å². The van der Waals surface area contributed by atoms with E-state index in [2.05, 4.69) is 10.0 Å². The van der Waals surface area contributed by atoms with E-state index in [1.165, 1.54) is 26.2 Å². The zero-order chi connectivity index (χ0) is 22.0. The van der Waals surface area contributed by atoms with E-state index in [1.54, 1.807) is 0 Å². The van der Waals surface area contributed by atoms with Gasteiger partial charge in [-0.2, -0.15) is 17.9 Å². The van der Waals surface area contributed by atoms with Crippen LogP contribution < -0.4 is 14.8 Å². The number of ether oxygens (including phenoxy) is 1. The number of methoxy groups -OCH3 is 1. The second-order valence-electron chi connectivity index (χ2n) is 5.82. The van der Waals surface area contributed by atoms with Crippen molar-refractivity contribution >= 4 is 33.2 Å². The first-order valence-corrected chi connectivity index (χ1v) is 9.74. The van der Waals surface area contributed by atoms with Gasteiger partial charge >= 0.3 is 6.18 Å². The largest absolute Gasteiger partial charge is 0.495 e. The van der Waals surface area contributed by atoms with Crippen molar-refractivity contribution in [2.45, 2.75) is 24.0 Å². The van der Waals surface area contributed by atoms with E-state index in [0.717, 1.165) is 12.1 Å². The SMILES string of the molecule is COc1ccc(S(=O)(=O)N[C@H](C)C(=O)Nc2ccc(F)c(C(F)(F)F)c2)cc1Cl. The lowest BCUT2D eigenvalue weighted by molar-refractivity contribution is -0.140. The molecule has 2 aromatic carbocycles. The molecule has 0 saturated carbocycles. The van der Waals surface area contributed by atoms with Crippen LogP contribution in [0.25, 0.3) is 0 Å². The minimum Gasteiger partial charge on any atom is -0.495 e. The lowest BCUT2D eigenvalue weighted by Crippen LogP contribution is -2.41. The number of benzene rings is 2. The number of hydrogen-bond acceptors (Lipinski definition) is 4. The zero-order valence-corrected chi connectivity index (χ0v) is 16.5. The smallest absolute Gasteiger partial charge is 0.419 e. The number of nitrogens with one attached hydrogen (secondary N) is 2. The van der Waals surface area contributed by atoms with E-state index in [9.17, 15) is 30.8 Å². The Morgan fingerprint density at radius 2 is 1.83 bits per heavy atom. The molecular weight excluding hydrogens is 440 g/mol. The van der Waals surface area contributed by atoms with Crippen molar-refractivity contribution in [3.63, 3.8) is 0 Å². The highest BCUT2D eigenvalue weighted by Crippen LogP contribution is 2.33. The number of carbonyl (C=O) groups excluding carboxylic acids is 1. The van der Waals surface area contributed by atoms with E-state index in [-0.39, 0.29) is 21.4 Å². The maximum Gasteiger partial charge on any atom is 0.419 e. The molecule has 1 amide bonds. The molecule has 1 atom stereocenters. The molecule has 6 nitrogen and oxygen atoms in total. The van der Waals surface area contributed by atoms with Crippen LogP contribution in [0.15, 0.2) is 41.3 Å². The number of anilines is 1. The summed E-state index contributed by atoms with van der Waals surface area (Å²) in [5.41, 5.74) is -1.90. The Kier molecular flexibility index (Phi) is 6.76. The molecule has 29 heavy (non-hydrogen) atoms. The number of hydrogen-bond donors (Lipinski definition) is 2. The Hall–Kier alpha value is -2.37. The fraction of sp³-hybridized carbons (Fsp3) is 0.235. The second kappa shape index (κ2) is 8.56. The molecule has 2 N–H and O–H groups in total. The first kappa shape index (κ1) is 22.9. The van der Waals surface area contributed by atoms with Crippen molar-refractivity contribution in [2.24, 2.45) is 0 Å². The molecule has 0 fully saturated rings. The predicted octanol–water partition coefficient (Wildman–Crippen LogP) is 3.81. The van der Waals surface area contributed by atoms with Gasteiger partial charge in [0.05, 0.1) is 28.6 Å². The first-order valence-electron chi connectivity index (χ1n) is 7.88. The van der Waals surface area contributed by atoms with Crippen molar-refractivity contribution in [3.8, 4) is 5.75 Å². The molecule has 158 valence electrons. The Bertz CT molecular complexity index is 1030. The Morgan fingerprint density at radius 1 is 1.17 bits per heavy atom. The van der Waals surface area contributed by atoms with Crippen molar-refractivity contribution in [3.05, 3.63) is 52.8 Å². The minimum atomic E-state index is -4.95. The predicted molar refractivity (Wildman–Crippen MR) is 97.8 cm³/mol. The van der Waals surface area contributed by atoms with Gasteiger partial charge in [-0.1, -0.05) is 11.6 Å². The van der Waals surface area contributed by atoms with Gasteiger partial charge in [0.2, 0.25) is 15.9 Å². The Labute approximate surface area is 168 Å². The lowest BCUT2D eigenvalue weighted by Gasteiger charge is -2.16. The van der Waals surface area contributed by atoms with Gasteiger partial charge < -0.3 is 10.1 Å². The van der Waals surface area contributed by atoms with Gasteiger partial charge in [0.25, 0.3) is 0 Å². The van der Waals surface area contributed by atoms with Crippen LogP contribution in [0.1, 0.15) is 12.5 Å². The molecule has 12 heteroatoms. The molecule has 0 aliphatic heterocycles. The van der Waals surface area contributed by atoms with Crippen LogP contribution >= 0.6 is 11.6 Å². The van der Waals surface area contributed by atoms with Crippen molar-refractivity contribution in [1.82, 2.24) is 4.72 Å². The normalized spacial score (nSPS) is 13.1. The highest BCUT2D eigenvalue weighted by Gasteiger charge is 2.34. The van der Waals surface area contributed by atoms with Crippen LogP contribution in [0.4, 0.5) is 23.2 Å². The van der Waals surface area contributed by atoms with E-state index < -0.39 is 39.5 Å². The van der Waals surface area contributed by atoms with E-state index in [0.29, 0.717) is 12.1 Å². The first-order chi connectivity index (χ1) is 13.3. The molecule has 2 rings (SSSR count). The quantitative estimate of drug-likeness (QED) is 0.650. The summed E-state index contributed by atoms with van der Waals surface area (Å²) in [6.07, 6.45) is -4.95. The van der Waals surface area contributed by atoms with E-state index in [4.69, 9.17) is 16.3 Å². The number of carbonyl (C=O) groups is 1. The summed E-state index contributed by atoms with van der Waals surface area (Å²) in [6, 6.07) is 4.16. The number of sulfonamides is 1. The van der Waals surface area contributed by atoms with Gasteiger partial charge in [0, 0.05) is 5.69 Å². The third-order valence-corrected chi connectivity index (χ3v) is 5.53. The molecule has 2 aromatic rings. The second-order valence-corrected chi connectivity index (χ2v) is 7.94. The lowest BCUT2D eigenvalue weighted by atomic mass is 10.1. The number of alkyl halides is 3.